The molecule has 1 aromatic carbocycles. The number of carboxylic acids is 1. The number of rotatable bonds is 4. The van der Waals surface area contributed by atoms with E-state index in [4.69, 9.17) is 10.2 Å². The van der Waals surface area contributed by atoms with Crippen molar-refractivity contribution < 1.29 is 18.3 Å². The molecule has 0 bridgehead atoms. The Bertz CT molecular complexity index is 539. The van der Waals surface area contributed by atoms with Gasteiger partial charge in [0.15, 0.2) is 0 Å². The van der Waals surface area contributed by atoms with Gasteiger partial charge in [0, 0.05) is 5.69 Å². The summed E-state index contributed by atoms with van der Waals surface area (Å²) in [6.45, 7) is 3.03. The van der Waals surface area contributed by atoms with E-state index in [1.807, 2.05) is 0 Å². The Morgan fingerprint density at radius 1 is 1.47 bits per heavy atom. The van der Waals surface area contributed by atoms with Crippen LogP contribution in [0, 0.1) is 6.92 Å². The number of benzene rings is 1. The first-order valence-corrected chi connectivity index (χ1v) is 6.40. The van der Waals surface area contributed by atoms with Crippen LogP contribution in [0.5, 0.6) is 0 Å². The Morgan fingerprint density at radius 2 is 2.06 bits per heavy atom. The second-order valence-electron chi connectivity index (χ2n) is 3.68. The summed E-state index contributed by atoms with van der Waals surface area (Å²) in [5, 5.41) is 16.5. The van der Waals surface area contributed by atoms with Gasteiger partial charge in [-0.2, -0.15) is 0 Å². The second-order valence-corrected chi connectivity index (χ2v) is 5.21. The van der Waals surface area contributed by atoms with Crippen LogP contribution in [0.2, 0.25) is 0 Å². The highest BCUT2D eigenvalue weighted by Crippen LogP contribution is 2.22. The van der Waals surface area contributed by atoms with Crippen molar-refractivity contribution in [3.8, 4) is 0 Å². The maximum Gasteiger partial charge on any atom is 0.325 e. The molecule has 6 nitrogen and oxygen atoms in total. The van der Waals surface area contributed by atoms with E-state index >= 15 is 0 Å². The molecule has 0 radical (unpaired) electrons. The predicted molar refractivity (Wildman–Crippen MR) is 63.3 cm³/mol. The third-order valence-electron chi connectivity index (χ3n) is 2.33. The van der Waals surface area contributed by atoms with Crippen LogP contribution in [-0.4, -0.2) is 25.5 Å². The first-order chi connectivity index (χ1) is 7.73. The average molecular weight is 258 g/mol. The fraction of sp³-hybridized carbons (Fsp3) is 0.300. The van der Waals surface area contributed by atoms with Gasteiger partial charge in [-0.25, -0.2) is 13.6 Å². The van der Waals surface area contributed by atoms with Gasteiger partial charge in [0.2, 0.25) is 10.0 Å². The van der Waals surface area contributed by atoms with Crippen LogP contribution in [0.3, 0.4) is 0 Å². The zero-order valence-electron chi connectivity index (χ0n) is 9.47. The second kappa shape index (κ2) is 4.72. The molecule has 7 heteroatoms. The van der Waals surface area contributed by atoms with Gasteiger partial charge in [0.05, 0.1) is 4.90 Å². The van der Waals surface area contributed by atoms with Gasteiger partial charge >= 0.3 is 5.97 Å². The fourth-order valence-electron chi connectivity index (χ4n) is 1.37. The number of nitrogens with two attached hydrogens (primary N) is 1. The van der Waals surface area contributed by atoms with Crippen molar-refractivity contribution in [3.05, 3.63) is 23.8 Å². The number of carboxylic acid groups (broad SMARTS) is 1. The van der Waals surface area contributed by atoms with Crippen LogP contribution in [0.4, 0.5) is 5.69 Å². The van der Waals surface area contributed by atoms with E-state index < -0.39 is 22.0 Å². The third-order valence-corrected chi connectivity index (χ3v) is 3.39. The first-order valence-electron chi connectivity index (χ1n) is 4.85. The highest BCUT2D eigenvalue weighted by atomic mass is 32.2. The number of aliphatic carboxylic acids is 1. The molecule has 0 aliphatic heterocycles. The van der Waals surface area contributed by atoms with E-state index in [0.717, 1.165) is 0 Å². The van der Waals surface area contributed by atoms with E-state index in [-0.39, 0.29) is 4.90 Å². The Hall–Kier alpha value is -1.60. The smallest absolute Gasteiger partial charge is 0.325 e. The summed E-state index contributed by atoms with van der Waals surface area (Å²) in [6.07, 6.45) is 0. The zero-order chi connectivity index (χ0) is 13.2. The van der Waals surface area contributed by atoms with Crippen LogP contribution in [0.25, 0.3) is 0 Å². The molecule has 0 aliphatic rings. The molecular weight excluding hydrogens is 244 g/mol. The van der Waals surface area contributed by atoms with Crippen molar-refractivity contribution in [2.24, 2.45) is 5.14 Å². The average Bonchev–Trinajstić information content (AvgIpc) is 2.19. The number of anilines is 1. The topological polar surface area (TPSA) is 109 Å². The van der Waals surface area contributed by atoms with Gasteiger partial charge in [-0.05, 0) is 31.5 Å². The molecule has 94 valence electrons. The molecule has 4 N–H and O–H groups in total. The molecular formula is C10H14N2O4S. The van der Waals surface area contributed by atoms with Crippen molar-refractivity contribution in [1.82, 2.24) is 0 Å². The Labute approximate surface area is 99.5 Å². The molecule has 1 unspecified atom stereocenters. The molecule has 0 amide bonds. The van der Waals surface area contributed by atoms with Crippen molar-refractivity contribution in [3.63, 3.8) is 0 Å². The largest absolute Gasteiger partial charge is 0.480 e. The minimum atomic E-state index is -3.80. The molecule has 0 saturated heterocycles. The zero-order valence-corrected chi connectivity index (χ0v) is 10.3. The summed E-state index contributed by atoms with van der Waals surface area (Å²) in [4.78, 5) is 10.7. The Morgan fingerprint density at radius 3 is 2.53 bits per heavy atom. The van der Waals surface area contributed by atoms with Crippen LogP contribution >= 0.6 is 0 Å². The summed E-state index contributed by atoms with van der Waals surface area (Å²) >= 11 is 0. The number of primary sulfonamides is 1. The Balaban J connectivity index is 3.16. The summed E-state index contributed by atoms with van der Waals surface area (Å²) in [6, 6.07) is 3.67. The van der Waals surface area contributed by atoms with Crippen molar-refractivity contribution >= 4 is 21.7 Å². The van der Waals surface area contributed by atoms with Crippen LogP contribution < -0.4 is 10.5 Å². The number of hydrogen-bond donors (Lipinski definition) is 3. The van der Waals surface area contributed by atoms with Crippen molar-refractivity contribution in [1.29, 1.82) is 0 Å². The number of hydrogen-bond acceptors (Lipinski definition) is 4. The summed E-state index contributed by atoms with van der Waals surface area (Å²) < 4.78 is 22.5. The fourth-order valence-corrected chi connectivity index (χ4v) is 2.18. The molecule has 0 aliphatic carbocycles. The van der Waals surface area contributed by atoms with Crippen molar-refractivity contribution in [2.45, 2.75) is 24.8 Å². The molecule has 0 heterocycles. The number of sulfonamides is 1. The van der Waals surface area contributed by atoms with Gasteiger partial charge in [-0.1, -0.05) is 6.07 Å². The molecule has 0 spiro atoms. The van der Waals surface area contributed by atoms with Crippen molar-refractivity contribution in [2.75, 3.05) is 5.32 Å². The van der Waals surface area contributed by atoms with Crippen LogP contribution in [-0.2, 0) is 14.8 Å². The molecule has 0 fully saturated rings. The number of carbonyl (C=O) groups is 1. The standard InChI is InChI=1S/C10H14N2O4S/c1-6-8(12-7(2)10(13)14)4-3-5-9(6)17(11,15)16/h3-5,7,12H,1-2H3,(H,13,14)(H2,11,15,16). The van der Waals surface area contributed by atoms with Gasteiger partial charge in [0.25, 0.3) is 0 Å². The lowest BCUT2D eigenvalue weighted by molar-refractivity contribution is -0.137. The van der Waals surface area contributed by atoms with E-state index in [2.05, 4.69) is 5.32 Å². The normalized spacial score (nSPS) is 13.1. The van der Waals surface area contributed by atoms with Crippen LogP contribution in [0.1, 0.15) is 12.5 Å². The lowest BCUT2D eigenvalue weighted by Gasteiger charge is -2.14. The molecule has 1 aromatic rings. The van der Waals surface area contributed by atoms with Gasteiger partial charge in [-0.15, -0.1) is 0 Å². The number of nitrogens with one attached hydrogen (secondary N) is 1. The minimum absolute atomic E-state index is 0.0138. The SMILES string of the molecule is Cc1c(NC(C)C(=O)O)cccc1S(N)(=O)=O. The highest BCUT2D eigenvalue weighted by Gasteiger charge is 2.16. The van der Waals surface area contributed by atoms with Gasteiger partial charge in [0.1, 0.15) is 6.04 Å². The molecule has 0 aromatic heterocycles. The molecule has 1 rings (SSSR count). The minimum Gasteiger partial charge on any atom is -0.480 e. The lowest BCUT2D eigenvalue weighted by Crippen LogP contribution is -2.26. The van der Waals surface area contributed by atoms with Crippen LogP contribution in [0.15, 0.2) is 23.1 Å². The predicted octanol–water partition coefficient (Wildman–Crippen LogP) is 0.527. The van der Waals surface area contributed by atoms with E-state index in [9.17, 15) is 13.2 Å². The molecule has 0 saturated carbocycles. The van der Waals surface area contributed by atoms with E-state index in [0.29, 0.717) is 11.3 Å². The third kappa shape index (κ3) is 3.18. The summed E-state index contributed by atoms with van der Waals surface area (Å²) in [5.74, 6) is -1.02. The molecule has 17 heavy (non-hydrogen) atoms. The summed E-state index contributed by atoms with van der Waals surface area (Å²) in [7, 11) is -3.80. The monoisotopic (exact) mass is 258 g/mol. The van der Waals surface area contributed by atoms with E-state index in [1.54, 1.807) is 13.0 Å². The molecule has 1 atom stereocenters. The quantitative estimate of drug-likeness (QED) is 0.729. The van der Waals surface area contributed by atoms with E-state index in [1.165, 1.54) is 19.1 Å². The Kier molecular flexibility index (Phi) is 3.74. The van der Waals surface area contributed by atoms with Gasteiger partial charge in [-0.3, -0.25) is 4.79 Å². The lowest BCUT2D eigenvalue weighted by atomic mass is 10.2. The highest BCUT2D eigenvalue weighted by molar-refractivity contribution is 7.89. The first kappa shape index (κ1) is 13.5. The van der Waals surface area contributed by atoms with Gasteiger partial charge < -0.3 is 10.4 Å². The summed E-state index contributed by atoms with van der Waals surface area (Å²) in [5.41, 5.74) is 0.842. The maximum absolute atomic E-state index is 11.3. The maximum atomic E-state index is 11.3.